The zero-order valence-electron chi connectivity index (χ0n) is 15.9. The molecule has 0 aliphatic carbocycles. The summed E-state index contributed by atoms with van der Waals surface area (Å²) < 4.78 is 11.5. The Labute approximate surface area is 145 Å². The Kier molecular flexibility index (Phi) is 13.1. The van der Waals surface area contributed by atoms with E-state index in [0.717, 1.165) is 30.7 Å². The van der Waals surface area contributed by atoms with Crippen molar-refractivity contribution in [2.24, 2.45) is 0 Å². The lowest BCUT2D eigenvalue weighted by atomic mass is 10.1. The van der Waals surface area contributed by atoms with Gasteiger partial charge in [0.05, 0.1) is 14.2 Å². The van der Waals surface area contributed by atoms with Crippen LogP contribution in [0.25, 0.3) is 0 Å². The fourth-order valence-corrected chi connectivity index (χ4v) is 1.94. The molecule has 1 N–H and O–H groups in total. The molecule has 0 aliphatic rings. The van der Waals surface area contributed by atoms with Crippen LogP contribution in [0.1, 0.15) is 39.5 Å². The van der Waals surface area contributed by atoms with E-state index in [1.54, 1.807) is 7.05 Å². The maximum absolute atomic E-state index is 12.6. The molecule has 8 nitrogen and oxygen atoms in total. The zero-order chi connectivity index (χ0) is 18.5. The highest BCUT2D eigenvalue weighted by Gasteiger charge is 2.39. The molecule has 0 bridgehead atoms. The summed E-state index contributed by atoms with van der Waals surface area (Å²) in [7, 11) is 5.89. The molecule has 1 amide bonds. The molecule has 0 spiro atoms. The predicted octanol–water partition coefficient (Wildman–Crippen LogP) is 1.19. The molecule has 144 valence electrons. The van der Waals surface area contributed by atoms with E-state index in [0.29, 0.717) is 13.2 Å². The Balaban J connectivity index is 5.28. The number of unbranched alkanes of at least 4 members (excludes halogenated alkanes) is 2. The number of carbonyl (C=O) groups is 1. The van der Waals surface area contributed by atoms with Crippen LogP contribution in [0.2, 0.25) is 0 Å². The second kappa shape index (κ2) is 13.5. The molecule has 0 heterocycles. The SMILES string of the molecule is CCCCOC(C(=O)N(C)OC)C(OCCCC)C(O)N(C)OC. The van der Waals surface area contributed by atoms with E-state index in [9.17, 15) is 9.90 Å². The average Bonchev–Trinajstić information content (AvgIpc) is 2.60. The van der Waals surface area contributed by atoms with E-state index in [-0.39, 0.29) is 0 Å². The minimum atomic E-state index is -1.16. The number of aliphatic hydroxyl groups excluding tert-OH is 1. The monoisotopic (exact) mass is 350 g/mol. The molecular weight excluding hydrogens is 316 g/mol. The Morgan fingerprint density at radius 3 is 2.00 bits per heavy atom. The molecule has 24 heavy (non-hydrogen) atoms. The summed E-state index contributed by atoms with van der Waals surface area (Å²) in [5, 5.41) is 12.8. The molecule has 0 saturated carbocycles. The lowest BCUT2D eigenvalue weighted by Crippen LogP contribution is -2.54. The predicted molar refractivity (Wildman–Crippen MR) is 89.9 cm³/mol. The second-order valence-electron chi connectivity index (χ2n) is 5.49. The minimum absolute atomic E-state index is 0.390. The molecular formula is C16H34N2O6. The van der Waals surface area contributed by atoms with Crippen LogP contribution in [0.4, 0.5) is 0 Å². The van der Waals surface area contributed by atoms with Gasteiger partial charge in [0, 0.05) is 27.3 Å². The Morgan fingerprint density at radius 1 is 1.00 bits per heavy atom. The summed E-state index contributed by atoms with van der Waals surface area (Å²) in [5.41, 5.74) is 0. The molecule has 0 aromatic rings. The van der Waals surface area contributed by atoms with E-state index in [2.05, 4.69) is 0 Å². The molecule has 0 aromatic carbocycles. The van der Waals surface area contributed by atoms with Crippen molar-refractivity contribution in [2.45, 2.75) is 58.0 Å². The van der Waals surface area contributed by atoms with Gasteiger partial charge in [-0.3, -0.25) is 14.5 Å². The fraction of sp³-hybridized carbons (Fsp3) is 0.938. The number of rotatable bonds is 14. The highest BCUT2D eigenvalue weighted by molar-refractivity contribution is 5.80. The Hall–Kier alpha value is -0.770. The van der Waals surface area contributed by atoms with Crippen molar-refractivity contribution in [1.82, 2.24) is 10.1 Å². The lowest BCUT2D eigenvalue weighted by Gasteiger charge is -2.34. The van der Waals surface area contributed by atoms with Crippen LogP contribution < -0.4 is 0 Å². The normalized spacial score (nSPS) is 15.3. The van der Waals surface area contributed by atoms with Crippen molar-refractivity contribution in [3.63, 3.8) is 0 Å². The van der Waals surface area contributed by atoms with Gasteiger partial charge in [0.15, 0.2) is 12.3 Å². The molecule has 3 atom stereocenters. The second-order valence-corrected chi connectivity index (χ2v) is 5.49. The van der Waals surface area contributed by atoms with E-state index in [1.165, 1.54) is 26.3 Å². The van der Waals surface area contributed by atoms with Crippen LogP contribution in [0, 0.1) is 0 Å². The number of nitrogens with zero attached hydrogens (tertiary/aromatic N) is 2. The first-order valence-electron chi connectivity index (χ1n) is 8.44. The number of hydroxylamine groups is 4. The van der Waals surface area contributed by atoms with Crippen molar-refractivity contribution in [1.29, 1.82) is 0 Å². The Morgan fingerprint density at radius 2 is 1.54 bits per heavy atom. The molecule has 3 unspecified atom stereocenters. The van der Waals surface area contributed by atoms with Crippen LogP contribution >= 0.6 is 0 Å². The topological polar surface area (TPSA) is 80.7 Å². The molecule has 0 rings (SSSR count). The van der Waals surface area contributed by atoms with Crippen molar-refractivity contribution in [2.75, 3.05) is 41.5 Å². The number of hydrogen-bond acceptors (Lipinski definition) is 7. The van der Waals surface area contributed by atoms with Gasteiger partial charge in [-0.25, -0.2) is 5.06 Å². The molecule has 0 saturated heterocycles. The standard InChI is InChI=1S/C16H34N2O6/c1-7-9-11-23-13(15(19)17(3)21-5)14(24-12-10-8-2)16(20)18(4)22-6/h13-15,19H,7-12H2,1-6H3. The summed E-state index contributed by atoms with van der Waals surface area (Å²) in [6.45, 7) is 4.87. The first-order valence-corrected chi connectivity index (χ1v) is 8.44. The third-order valence-corrected chi connectivity index (χ3v) is 3.68. The van der Waals surface area contributed by atoms with Crippen LogP contribution in [-0.4, -0.2) is 81.1 Å². The maximum atomic E-state index is 12.6. The van der Waals surface area contributed by atoms with Gasteiger partial charge in [-0.1, -0.05) is 26.7 Å². The summed E-state index contributed by atoms with van der Waals surface area (Å²) >= 11 is 0. The highest BCUT2D eigenvalue weighted by atomic mass is 16.7. The van der Waals surface area contributed by atoms with E-state index in [4.69, 9.17) is 19.1 Å². The van der Waals surface area contributed by atoms with Crippen LogP contribution in [0.15, 0.2) is 0 Å². The van der Waals surface area contributed by atoms with E-state index < -0.39 is 24.3 Å². The highest BCUT2D eigenvalue weighted by Crippen LogP contribution is 2.16. The first-order chi connectivity index (χ1) is 11.4. The summed E-state index contributed by atoms with van der Waals surface area (Å²) in [5.74, 6) is -0.418. The van der Waals surface area contributed by atoms with Gasteiger partial charge in [-0.05, 0) is 12.8 Å². The lowest BCUT2D eigenvalue weighted by molar-refractivity contribution is -0.260. The maximum Gasteiger partial charge on any atom is 0.277 e. The summed E-state index contributed by atoms with van der Waals surface area (Å²) in [4.78, 5) is 22.6. The molecule has 0 radical (unpaired) electrons. The number of amides is 1. The number of aliphatic hydroxyl groups is 1. The fourth-order valence-electron chi connectivity index (χ4n) is 1.94. The average molecular weight is 350 g/mol. The van der Waals surface area contributed by atoms with E-state index >= 15 is 0 Å². The van der Waals surface area contributed by atoms with Crippen molar-refractivity contribution in [3.8, 4) is 0 Å². The van der Waals surface area contributed by atoms with Gasteiger partial charge in [-0.15, -0.1) is 0 Å². The van der Waals surface area contributed by atoms with Crippen molar-refractivity contribution >= 4 is 5.91 Å². The van der Waals surface area contributed by atoms with Gasteiger partial charge in [0.25, 0.3) is 5.91 Å². The molecule has 0 aliphatic heterocycles. The van der Waals surface area contributed by atoms with Crippen LogP contribution in [0.3, 0.4) is 0 Å². The van der Waals surface area contributed by atoms with Crippen LogP contribution in [-0.2, 0) is 23.9 Å². The first kappa shape index (κ1) is 23.2. The third-order valence-electron chi connectivity index (χ3n) is 3.68. The quantitative estimate of drug-likeness (QED) is 0.286. The van der Waals surface area contributed by atoms with Crippen LogP contribution in [0.5, 0.6) is 0 Å². The van der Waals surface area contributed by atoms with Gasteiger partial charge < -0.3 is 14.6 Å². The molecule has 0 aromatic heterocycles. The summed E-state index contributed by atoms with van der Waals surface area (Å²) in [6, 6.07) is 0. The summed E-state index contributed by atoms with van der Waals surface area (Å²) in [6.07, 6.45) is 0.440. The molecule has 8 heteroatoms. The largest absolute Gasteiger partial charge is 0.373 e. The van der Waals surface area contributed by atoms with Gasteiger partial charge in [0.2, 0.25) is 0 Å². The number of carbonyl (C=O) groups excluding carboxylic acids is 1. The van der Waals surface area contributed by atoms with E-state index in [1.807, 2.05) is 13.8 Å². The Bertz CT molecular complexity index is 332. The van der Waals surface area contributed by atoms with Crippen molar-refractivity contribution < 1.29 is 29.0 Å². The zero-order valence-corrected chi connectivity index (χ0v) is 15.9. The van der Waals surface area contributed by atoms with Gasteiger partial charge in [0.1, 0.15) is 6.10 Å². The molecule has 0 fully saturated rings. The third kappa shape index (κ3) is 7.87. The number of hydrogen-bond donors (Lipinski definition) is 1. The van der Waals surface area contributed by atoms with Gasteiger partial charge in [-0.2, -0.15) is 5.06 Å². The smallest absolute Gasteiger partial charge is 0.277 e. The van der Waals surface area contributed by atoms with Gasteiger partial charge >= 0.3 is 0 Å². The number of ether oxygens (including phenoxy) is 2. The minimum Gasteiger partial charge on any atom is -0.373 e. The number of likely N-dealkylation sites (N-methyl/N-ethyl adjacent to an activating group) is 2. The van der Waals surface area contributed by atoms with Crippen molar-refractivity contribution in [3.05, 3.63) is 0 Å².